The fraction of sp³-hybridized carbons (Fsp3) is 0.400. The largest absolute Gasteiger partial charge is 0.490 e. The van der Waals surface area contributed by atoms with E-state index in [0.29, 0.717) is 12.4 Å². The minimum Gasteiger partial charge on any atom is -0.490 e. The number of amides is 1. The van der Waals surface area contributed by atoms with E-state index in [-0.39, 0.29) is 19.3 Å². The van der Waals surface area contributed by atoms with Crippen LogP contribution < -0.4 is 10.1 Å². The summed E-state index contributed by atoms with van der Waals surface area (Å²) in [4.78, 5) is 16.2. The van der Waals surface area contributed by atoms with Crippen molar-refractivity contribution < 1.29 is 19.0 Å². The zero-order valence-electron chi connectivity index (χ0n) is 15.8. The van der Waals surface area contributed by atoms with Gasteiger partial charge in [-0.25, -0.2) is 4.79 Å². The van der Waals surface area contributed by atoms with Gasteiger partial charge in [0.2, 0.25) is 0 Å². The summed E-state index contributed by atoms with van der Waals surface area (Å²) in [5, 5.41) is 2.80. The molecule has 0 bridgehead atoms. The Bertz CT molecular complexity index is 719. The molecule has 6 nitrogen and oxygen atoms in total. The first kappa shape index (κ1) is 21.2. The van der Waals surface area contributed by atoms with Crippen molar-refractivity contribution in [2.45, 2.75) is 39.0 Å². The Kier molecular flexibility index (Phi) is 8.06. The molecule has 2 rings (SSSR count). The first-order chi connectivity index (χ1) is 12.8. The Labute approximate surface area is 168 Å². The molecule has 0 aliphatic carbocycles. The molecule has 1 heterocycles. The topological polar surface area (TPSA) is 69.7 Å². The zero-order valence-corrected chi connectivity index (χ0v) is 17.4. The number of benzene rings is 1. The molecule has 0 spiro atoms. The number of ether oxygens (including phenoxy) is 3. The molecule has 1 atom stereocenters. The molecule has 7 heteroatoms. The van der Waals surface area contributed by atoms with E-state index in [1.54, 1.807) is 12.4 Å². The fourth-order valence-corrected chi connectivity index (χ4v) is 2.51. The monoisotopic (exact) mass is 436 g/mol. The average Bonchev–Trinajstić information content (AvgIpc) is 2.59. The van der Waals surface area contributed by atoms with Crippen molar-refractivity contribution in [3.63, 3.8) is 0 Å². The molecule has 0 saturated heterocycles. The Morgan fingerprint density at radius 1 is 1.19 bits per heavy atom. The molecule has 1 amide bonds. The van der Waals surface area contributed by atoms with Gasteiger partial charge < -0.3 is 19.5 Å². The Morgan fingerprint density at radius 3 is 2.59 bits per heavy atom. The second-order valence-corrected chi connectivity index (χ2v) is 7.91. The van der Waals surface area contributed by atoms with Crippen LogP contribution in [0.1, 0.15) is 26.3 Å². The van der Waals surface area contributed by atoms with Gasteiger partial charge in [0.1, 0.15) is 18.0 Å². The molecule has 1 N–H and O–H groups in total. The second kappa shape index (κ2) is 10.3. The van der Waals surface area contributed by atoms with E-state index in [4.69, 9.17) is 14.2 Å². The van der Waals surface area contributed by atoms with Gasteiger partial charge in [0.15, 0.2) is 0 Å². The Morgan fingerprint density at radius 2 is 1.93 bits per heavy atom. The van der Waals surface area contributed by atoms with Gasteiger partial charge in [-0.2, -0.15) is 0 Å². The lowest BCUT2D eigenvalue weighted by atomic mass is 10.2. The van der Waals surface area contributed by atoms with E-state index in [9.17, 15) is 4.79 Å². The lowest BCUT2D eigenvalue weighted by Crippen LogP contribution is -2.44. The number of nitrogens with zero attached hydrogens (tertiary/aromatic N) is 1. The van der Waals surface area contributed by atoms with Crippen LogP contribution in [0.3, 0.4) is 0 Å². The minimum absolute atomic E-state index is 0.228. The number of hydrogen-bond acceptors (Lipinski definition) is 5. The lowest BCUT2D eigenvalue weighted by molar-refractivity contribution is 0.0381. The highest BCUT2D eigenvalue weighted by molar-refractivity contribution is 9.10. The van der Waals surface area contributed by atoms with Crippen molar-refractivity contribution >= 4 is 22.0 Å². The number of aromatic nitrogens is 1. The molecule has 1 aromatic carbocycles. The van der Waals surface area contributed by atoms with Crippen molar-refractivity contribution in [3.8, 4) is 5.75 Å². The van der Waals surface area contributed by atoms with Crippen molar-refractivity contribution in [2.24, 2.45) is 0 Å². The molecule has 1 unspecified atom stereocenters. The zero-order chi connectivity index (χ0) is 19.7. The molecular weight excluding hydrogens is 412 g/mol. The van der Waals surface area contributed by atoms with E-state index in [0.717, 1.165) is 10.0 Å². The summed E-state index contributed by atoms with van der Waals surface area (Å²) in [6.07, 6.45) is 2.78. The predicted molar refractivity (Wildman–Crippen MR) is 107 cm³/mol. The number of alkyl carbamates (subject to hydrolysis) is 1. The second-order valence-electron chi connectivity index (χ2n) is 6.99. The van der Waals surface area contributed by atoms with Crippen LogP contribution in [0.2, 0.25) is 0 Å². The Hall–Kier alpha value is -2.12. The lowest BCUT2D eigenvalue weighted by Gasteiger charge is -2.24. The molecule has 27 heavy (non-hydrogen) atoms. The molecule has 0 radical (unpaired) electrons. The van der Waals surface area contributed by atoms with Crippen LogP contribution in [0, 0.1) is 0 Å². The fourth-order valence-electron chi connectivity index (χ4n) is 2.17. The van der Waals surface area contributed by atoms with Gasteiger partial charge in [-0.3, -0.25) is 4.98 Å². The summed E-state index contributed by atoms with van der Waals surface area (Å²) in [5.74, 6) is 0.600. The van der Waals surface area contributed by atoms with Crippen LogP contribution in [-0.4, -0.2) is 35.9 Å². The minimum atomic E-state index is -0.575. The van der Waals surface area contributed by atoms with Crippen LogP contribution in [0.25, 0.3) is 0 Å². The standard InChI is InChI=1S/C20H25BrN2O4/c1-20(2,3)27-19(24)23-17(13-25-12-15-7-5-4-6-8-15)14-26-18-9-16(21)10-22-11-18/h4-11,17H,12-14H2,1-3H3,(H,23,24). The number of rotatable bonds is 8. The number of carbonyl (C=O) groups is 1. The van der Waals surface area contributed by atoms with Gasteiger partial charge >= 0.3 is 6.09 Å². The van der Waals surface area contributed by atoms with Crippen LogP contribution in [0.15, 0.2) is 53.3 Å². The van der Waals surface area contributed by atoms with E-state index < -0.39 is 11.7 Å². The molecule has 0 saturated carbocycles. The maximum Gasteiger partial charge on any atom is 0.408 e. The highest BCUT2D eigenvalue weighted by Gasteiger charge is 2.20. The quantitative estimate of drug-likeness (QED) is 0.666. The number of nitrogens with one attached hydrogen (secondary N) is 1. The maximum atomic E-state index is 12.1. The van der Waals surface area contributed by atoms with E-state index in [1.807, 2.05) is 57.2 Å². The first-order valence-corrected chi connectivity index (χ1v) is 9.46. The van der Waals surface area contributed by atoms with Gasteiger partial charge in [0.25, 0.3) is 0 Å². The Balaban J connectivity index is 1.91. The average molecular weight is 437 g/mol. The SMILES string of the molecule is CC(C)(C)OC(=O)NC(COCc1ccccc1)COc1cncc(Br)c1. The van der Waals surface area contributed by atoms with Gasteiger partial charge in [-0.1, -0.05) is 30.3 Å². The number of carbonyl (C=O) groups excluding carboxylic acids is 1. The van der Waals surface area contributed by atoms with Gasteiger partial charge in [-0.15, -0.1) is 0 Å². The molecule has 2 aromatic rings. The molecular formula is C20H25BrN2O4. The van der Waals surface area contributed by atoms with Crippen LogP contribution in [0.5, 0.6) is 5.75 Å². The number of halogens is 1. The van der Waals surface area contributed by atoms with Gasteiger partial charge in [0, 0.05) is 10.7 Å². The number of pyridine rings is 1. The summed E-state index contributed by atoms with van der Waals surface area (Å²) in [5.41, 5.74) is 0.486. The van der Waals surface area contributed by atoms with Crippen molar-refractivity contribution in [1.82, 2.24) is 10.3 Å². The van der Waals surface area contributed by atoms with E-state index >= 15 is 0 Å². The highest BCUT2D eigenvalue weighted by Crippen LogP contribution is 2.16. The third kappa shape index (κ3) is 8.88. The first-order valence-electron chi connectivity index (χ1n) is 8.66. The third-order valence-electron chi connectivity index (χ3n) is 3.28. The van der Waals surface area contributed by atoms with Gasteiger partial charge in [-0.05, 0) is 48.3 Å². The van der Waals surface area contributed by atoms with Crippen LogP contribution in [0.4, 0.5) is 4.79 Å². The smallest absolute Gasteiger partial charge is 0.408 e. The van der Waals surface area contributed by atoms with Gasteiger partial charge in [0.05, 0.1) is 25.5 Å². The molecule has 1 aromatic heterocycles. The maximum absolute atomic E-state index is 12.1. The normalized spacial score (nSPS) is 12.3. The number of hydrogen-bond donors (Lipinski definition) is 1. The molecule has 146 valence electrons. The predicted octanol–water partition coefficient (Wildman–Crippen LogP) is 4.33. The van der Waals surface area contributed by atoms with Crippen molar-refractivity contribution in [3.05, 3.63) is 58.8 Å². The summed E-state index contributed by atoms with van der Waals surface area (Å²) >= 11 is 3.35. The summed E-state index contributed by atoms with van der Waals surface area (Å²) in [6.45, 7) is 6.42. The molecule has 0 fully saturated rings. The molecule has 0 aliphatic rings. The summed E-state index contributed by atoms with van der Waals surface area (Å²) in [6, 6.07) is 11.3. The third-order valence-corrected chi connectivity index (χ3v) is 3.72. The summed E-state index contributed by atoms with van der Waals surface area (Å²) < 4.78 is 17.6. The van der Waals surface area contributed by atoms with Crippen molar-refractivity contribution in [1.29, 1.82) is 0 Å². The van der Waals surface area contributed by atoms with Crippen LogP contribution in [-0.2, 0) is 16.1 Å². The highest BCUT2D eigenvalue weighted by atomic mass is 79.9. The van der Waals surface area contributed by atoms with E-state index in [2.05, 4.69) is 26.2 Å². The van der Waals surface area contributed by atoms with Crippen molar-refractivity contribution in [2.75, 3.05) is 13.2 Å². The molecule has 0 aliphatic heterocycles. The van der Waals surface area contributed by atoms with E-state index in [1.165, 1.54) is 0 Å². The summed E-state index contributed by atoms with van der Waals surface area (Å²) in [7, 11) is 0. The van der Waals surface area contributed by atoms with Crippen LogP contribution >= 0.6 is 15.9 Å².